The zero-order valence-corrected chi connectivity index (χ0v) is 8.41. The molecule has 0 saturated heterocycles. The van der Waals surface area contributed by atoms with E-state index < -0.39 is 36.0 Å². The molecule has 8 nitrogen and oxygen atoms in total. The number of carbonyl (C=O) groups excluding carboxylic acids is 1. The maximum absolute atomic E-state index is 11.0. The van der Waals surface area contributed by atoms with Crippen LogP contribution in [0.4, 0.5) is 0 Å². The minimum absolute atomic E-state index is 0.140. The predicted octanol–water partition coefficient (Wildman–Crippen LogP) is -1.80. The number of carbonyl (C=O) groups is 3. The van der Waals surface area contributed by atoms with Crippen LogP contribution in [0.3, 0.4) is 0 Å². The van der Waals surface area contributed by atoms with Gasteiger partial charge in [0, 0.05) is 0 Å². The van der Waals surface area contributed by atoms with Crippen LogP contribution in [0, 0.1) is 0 Å². The lowest BCUT2D eigenvalue weighted by Gasteiger charge is -2.25. The first kappa shape index (κ1) is 14.3. The van der Waals surface area contributed by atoms with Crippen LogP contribution in [-0.4, -0.2) is 56.6 Å². The van der Waals surface area contributed by atoms with Gasteiger partial charge in [0.1, 0.15) is 0 Å². The summed E-state index contributed by atoms with van der Waals surface area (Å²) in [6.45, 7) is 1.26. The highest BCUT2D eigenvalue weighted by molar-refractivity contribution is 5.91. The number of aliphatic hydroxyl groups is 2. The first-order chi connectivity index (χ1) is 7.25. The third-order valence-corrected chi connectivity index (χ3v) is 1.75. The van der Waals surface area contributed by atoms with Gasteiger partial charge in [0.15, 0.2) is 6.10 Å². The molecule has 0 aromatic heterocycles. The molecule has 92 valence electrons. The molecule has 0 saturated carbocycles. The highest BCUT2D eigenvalue weighted by Crippen LogP contribution is 2.17. The van der Waals surface area contributed by atoms with Crippen molar-refractivity contribution in [3.63, 3.8) is 0 Å². The quantitative estimate of drug-likeness (QED) is 0.396. The Kier molecular flexibility index (Phi) is 4.86. The molecular formula is C8H12O8. The Hall–Kier alpha value is -1.67. The molecule has 8 heteroatoms. The molecule has 2 atom stereocenters. The Bertz CT molecular complexity index is 298. The van der Waals surface area contributed by atoms with E-state index in [1.54, 1.807) is 0 Å². The van der Waals surface area contributed by atoms with E-state index in [1.807, 2.05) is 0 Å². The van der Waals surface area contributed by atoms with Gasteiger partial charge in [0.25, 0.3) is 0 Å². The van der Waals surface area contributed by atoms with Crippen LogP contribution in [0.15, 0.2) is 0 Å². The topological polar surface area (TPSA) is 141 Å². The first-order valence-electron chi connectivity index (χ1n) is 4.28. The minimum atomic E-state index is -3.10. The van der Waals surface area contributed by atoms with Gasteiger partial charge >= 0.3 is 17.9 Å². The summed E-state index contributed by atoms with van der Waals surface area (Å²) < 4.78 is 4.28. The fourth-order valence-corrected chi connectivity index (χ4v) is 0.936. The zero-order valence-electron chi connectivity index (χ0n) is 8.41. The van der Waals surface area contributed by atoms with Gasteiger partial charge in [0.05, 0.1) is 13.0 Å². The highest BCUT2D eigenvalue weighted by atomic mass is 16.6. The molecule has 4 N–H and O–H groups in total. The number of hydrogen-bond acceptors (Lipinski definition) is 6. The van der Waals surface area contributed by atoms with E-state index in [9.17, 15) is 24.6 Å². The summed E-state index contributed by atoms with van der Waals surface area (Å²) >= 11 is 0. The van der Waals surface area contributed by atoms with Gasteiger partial charge in [-0.15, -0.1) is 0 Å². The Morgan fingerprint density at radius 2 is 1.81 bits per heavy atom. The Morgan fingerprint density at radius 3 is 2.12 bits per heavy atom. The van der Waals surface area contributed by atoms with Crippen molar-refractivity contribution in [2.45, 2.75) is 25.0 Å². The molecular weight excluding hydrogens is 224 g/mol. The minimum Gasteiger partial charge on any atom is -0.481 e. The number of carboxylic acids is 2. The van der Waals surface area contributed by atoms with Crippen molar-refractivity contribution in [3.8, 4) is 0 Å². The van der Waals surface area contributed by atoms with E-state index in [2.05, 4.69) is 4.74 Å². The van der Waals surface area contributed by atoms with Crippen molar-refractivity contribution >= 4 is 17.9 Å². The van der Waals surface area contributed by atoms with Crippen LogP contribution in [0.1, 0.15) is 13.3 Å². The van der Waals surface area contributed by atoms with E-state index in [1.165, 1.54) is 6.92 Å². The third-order valence-electron chi connectivity index (χ3n) is 1.75. The van der Waals surface area contributed by atoms with Gasteiger partial charge < -0.3 is 25.2 Å². The van der Waals surface area contributed by atoms with Crippen LogP contribution in [0.25, 0.3) is 0 Å². The fraction of sp³-hybridized carbons (Fsp3) is 0.625. The summed E-state index contributed by atoms with van der Waals surface area (Å²) in [5, 5.41) is 35.6. The van der Waals surface area contributed by atoms with Gasteiger partial charge in [-0.2, -0.15) is 0 Å². The molecule has 0 aliphatic heterocycles. The van der Waals surface area contributed by atoms with E-state index in [0.717, 1.165) is 0 Å². The molecule has 0 aliphatic rings. The van der Waals surface area contributed by atoms with E-state index in [0.29, 0.717) is 0 Å². The number of rotatable bonds is 6. The molecule has 2 unspecified atom stereocenters. The molecule has 0 aromatic rings. The fourth-order valence-electron chi connectivity index (χ4n) is 0.936. The second-order valence-electron chi connectivity index (χ2n) is 2.95. The molecule has 0 aromatic carbocycles. The average molecular weight is 236 g/mol. The largest absolute Gasteiger partial charge is 0.481 e. The van der Waals surface area contributed by atoms with Crippen molar-refractivity contribution in [3.05, 3.63) is 0 Å². The maximum atomic E-state index is 11.0. The molecule has 0 spiro atoms. The van der Waals surface area contributed by atoms with Crippen molar-refractivity contribution in [2.24, 2.45) is 0 Å². The van der Waals surface area contributed by atoms with Crippen LogP contribution in [0.2, 0.25) is 0 Å². The van der Waals surface area contributed by atoms with Crippen molar-refractivity contribution in [1.29, 1.82) is 0 Å². The third kappa shape index (κ3) is 3.17. The molecule has 0 amide bonds. The normalized spacial score (nSPS) is 15.9. The monoisotopic (exact) mass is 236 g/mol. The highest BCUT2D eigenvalue weighted by Gasteiger charge is 2.50. The summed E-state index contributed by atoms with van der Waals surface area (Å²) in [5.74, 6) is -5.09. The SMILES string of the molecule is CCOC(=O)C(O)C(O)(CC(=O)O)C(=O)O. The number of aliphatic carboxylic acids is 2. The summed E-state index contributed by atoms with van der Waals surface area (Å²) in [7, 11) is 0. The summed E-state index contributed by atoms with van der Waals surface area (Å²) in [6.07, 6.45) is -3.77. The van der Waals surface area contributed by atoms with E-state index in [4.69, 9.17) is 10.2 Å². The number of esters is 1. The van der Waals surface area contributed by atoms with E-state index in [-0.39, 0.29) is 6.61 Å². The number of ether oxygens (including phenoxy) is 1. The molecule has 0 heterocycles. The lowest BCUT2D eigenvalue weighted by molar-refractivity contribution is -0.189. The maximum Gasteiger partial charge on any atom is 0.339 e. The first-order valence-corrected chi connectivity index (χ1v) is 4.28. The van der Waals surface area contributed by atoms with Crippen LogP contribution in [-0.2, 0) is 19.1 Å². The molecule has 0 rings (SSSR count). The van der Waals surface area contributed by atoms with Crippen LogP contribution in [0.5, 0.6) is 0 Å². The van der Waals surface area contributed by atoms with Crippen molar-refractivity contribution < 1.29 is 39.5 Å². The van der Waals surface area contributed by atoms with Crippen LogP contribution < -0.4 is 0 Å². The van der Waals surface area contributed by atoms with Gasteiger partial charge in [-0.1, -0.05) is 0 Å². The van der Waals surface area contributed by atoms with Gasteiger partial charge in [-0.3, -0.25) is 4.79 Å². The Balaban J connectivity index is 4.97. The molecule has 16 heavy (non-hydrogen) atoms. The smallest absolute Gasteiger partial charge is 0.339 e. The van der Waals surface area contributed by atoms with Crippen molar-refractivity contribution in [1.82, 2.24) is 0 Å². The zero-order chi connectivity index (χ0) is 12.9. The second-order valence-corrected chi connectivity index (χ2v) is 2.95. The van der Waals surface area contributed by atoms with Gasteiger partial charge in [-0.25, -0.2) is 9.59 Å². The van der Waals surface area contributed by atoms with Gasteiger partial charge in [-0.05, 0) is 6.92 Å². The molecule has 0 fully saturated rings. The lowest BCUT2D eigenvalue weighted by Crippen LogP contribution is -2.55. The standard InChI is InChI=1S/C8H12O8/c1-2-16-6(12)5(11)8(15,7(13)14)3-4(9)10/h5,11,15H,2-3H2,1H3,(H,9,10)(H,13,14). The molecule has 0 bridgehead atoms. The summed E-state index contributed by atoms with van der Waals surface area (Å²) in [4.78, 5) is 31.9. The van der Waals surface area contributed by atoms with Crippen molar-refractivity contribution in [2.75, 3.05) is 6.61 Å². The predicted molar refractivity (Wildman–Crippen MR) is 47.5 cm³/mol. The van der Waals surface area contributed by atoms with E-state index >= 15 is 0 Å². The number of carboxylic acid groups (broad SMARTS) is 2. The Labute approximate surface area is 90.1 Å². The molecule has 0 radical (unpaired) electrons. The Morgan fingerprint density at radius 1 is 1.31 bits per heavy atom. The lowest BCUT2D eigenvalue weighted by atomic mass is 9.93. The van der Waals surface area contributed by atoms with Crippen LogP contribution >= 0.6 is 0 Å². The average Bonchev–Trinajstić information content (AvgIpc) is 2.15. The summed E-state index contributed by atoms with van der Waals surface area (Å²) in [6, 6.07) is 0. The molecule has 0 aliphatic carbocycles. The summed E-state index contributed by atoms with van der Waals surface area (Å²) in [5.41, 5.74) is -3.10. The second kappa shape index (κ2) is 5.42. The number of aliphatic hydroxyl groups excluding tert-OH is 1. The van der Waals surface area contributed by atoms with Gasteiger partial charge in [0.2, 0.25) is 5.60 Å². The number of hydrogen-bond donors (Lipinski definition) is 4.